The van der Waals surface area contributed by atoms with Crippen LogP contribution in [0, 0.1) is 23.7 Å². The molecule has 2 aliphatic carbocycles. The molecule has 1 saturated carbocycles. The van der Waals surface area contributed by atoms with Crippen LogP contribution in [-0.2, 0) is 33.2 Å². The molecule has 0 aromatic heterocycles. The Labute approximate surface area is 241 Å². The summed E-state index contributed by atoms with van der Waals surface area (Å²) in [5.74, 6) is 1.18. The summed E-state index contributed by atoms with van der Waals surface area (Å²) in [5.41, 5.74) is 2.18. The smallest absolute Gasteiger partial charge is 0.331 e. The molecule has 2 heterocycles. The molecule has 40 heavy (non-hydrogen) atoms. The Morgan fingerprint density at radius 3 is 2.55 bits per heavy atom. The van der Waals surface area contributed by atoms with Crippen LogP contribution in [0.4, 0.5) is 0 Å². The molecule has 0 amide bonds. The normalized spacial score (nSPS) is 32.0. The predicted octanol–water partition coefficient (Wildman–Crippen LogP) is 6.52. The highest BCUT2D eigenvalue weighted by Crippen LogP contribution is 2.50. The summed E-state index contributed by atoms with van der Waals surface area (Å²) in [6.45, 7) is 10.7. The van der Waals surface area contributed by atoms with E-state index in [1.807, 2.05) is 0 Å². The molecule has 0 spiro atoms. The number of allylic oxidation sites excluding steroid dienone is 1. The molecular weight excluding hydrogens is 508 g/mol. The van der Waals surface area contributed by atoms with E-state index in [9.17, 15) is 4.79 Å². The van der Waals surface area contributed by atoms with E-state index in [0.29, 0.717) is 24.4 Å². The first-order valence-corrected chi connectivity index (χ1v) is 15.7. The second-order valence-corrected chi connectivity index (χ2v) is 12.1. The third-order valence-electron chi connectivity index (χ3n) is 9.04. The summed E-state index contributed by atoms with van der Waals surface area (Å²) in [6, 6.07) is 0. The van der Waals surface area contributed by atoms with Gasteiger partial charge >= 0.3 is 5.97 Å². The molecule has 0 bridgehead atoms. The van der Waals surface area contributed by atoms with Crippen LogP contribution < -0.4 is 0 Å². The van der Waals surface area contributed by atoms with Crippen LogP contribution in [0.3, 0.4) is 0 Å². The number of unbranched alkanes of at least 4 members (excludes halogenated alkanes) is 1. The maximum atomic E-state index is 11.4. The molecule has 0 radical (unpaired) electrons. The van der Waals surface area contributed by atoms with E-state index in [2.05, 4.69) is 43.4 Å². The van der Waals surface area contributed by atoms with Crippen molar-refractivity contribution in [2.45, 2.75) is 109 Å². The number of esters is 1. The van der Waals surface area contributed by atoms with Crippen molar-refractivity contribution < 1.29 is 33.2 Å². The number of carbonyl (C=O) groups excluding carboxylic acids is 1. The summed E-state index contributed by atoms with van der Waals surface area (Å²) < 4.78 is 35.4. The maximum absolute atomic E-state index is 11.4. The lowest BCUT2D eigenvalue weighted by Crippen LogP contribution is -2.32. The zero-order valence-electron chi connectivity index (χ0n) is 25.0. The predicted molar refractivity (Wildman–Crippen MR) is 155 cm³/mol. The Hall–Kier alpha value is -1.51. The van der Waals surface area contributed by atoms with E-state index in [0.717, 1.165) is 76.6 Å². The molecule has 7 nitrogen and oxygen atoms in total. The molecule has 2 saturated heterocycles. The summed E-state index contributed by atoms with van der Waals surface area (Å²) in [6.07, 6.45) is 18.9. The summed E-state index contributed by atoms with van der Waals surface area (Å²) >= 11 is 0. The van der Waals surface area contributed by atoms with Crippen LogP contribution in [0.2, 0.25) is 0 Å². The van der Waals surface area contributed by atoms with E-state index in [1.54, 1.807) is 0 Å². The Morgan fingerprint density at radius 1 is 1.12 bits per heavy atom. The van der Waals surface area contributed by atoms with E-state index >= 15 is 0 Å². The first kappa shape index (κ1) is 31.4. The number of fused-ring (bicyclic) bond motifs is 1. The molecule has 4 rings (SSSR count). The molecular formula is C33H52O7. The van der Waals surface area contributed by atoms with Crippen molar-refractivity contribution in [3.8, 4) is 0 Å². The van der Waals surface area contributed by atoms with Gasteiger partial charge in [0.1, 0.15) is 6.61 Å². The Morgan fingerprint density at radius 2 is 1.88 bits per heavy atom. The minimum atomic E-state index is -0.372. The van der Waals surface area contributed by atoms with Crippen LogP contribution in [0.25, 0.3) is 0 Å². The van der Waals surface area contributed by atoms with Crippen LogP contribution in [-0.4, -0.2) is 64.3 Å². The molecule has 226 valence electrons. The van der Waals surface area contributed by atoms with Crippen molar-refractivity contribution in [2.75, 3.05) is 33.5 Å². The average Bonchev–Trinajstić information content (AvgIpc) is 3.53. The fourth-order valence-electron chi connectivity index (χ4n) is 6.61. The Kier molecular flexibility index (Phi) is 12.7. The van der Waals surface area contributed by atoms with E-state index in [-0.39, 0.29) is 43.3 Å². The fraction of sp³-hybridized carbons (Fsp3) is 0.788. The third kappa shape index (κ3) is 8.99. The average molecular weight is 561 g/mol. The van der Waals surface area contributed by atoms with Gasteiger partial charge < -0.3 is 28.4 Å². The molecule has 0 N–H and O–H groups in total. The van der Waals surface area contributed by atoms with Crippen LogP contribution in [0.1, 0.15) is 84.5 Å². The van der Waals surface area contributed by atoms with Gasteiger partial charge in [0.2, 0.25) is 0 Å². The van der Waals surface area contributed by atoms with E-state index in [4.69, 9.17) is 23.7 Å². The molecule has 2 aliphatic heterocycles. The molecule has 3 unspecified atom stereocenters. The molecule has 8 atom stereocenters. The minimum absolute atomic E-state index is 0.0239. The lowest BCUT2D eigenvalue weighted by molar-refractivity contribution is -0.193. The monoisotopic (exact) mass is 560 g/mol. The number of hydrogen-bond donors (Lipinski definition) is 0. The standard InChI is InChI=1S/C33H52O7/c1-5-6-11-23(2)29(39-32-12-7-9-16-37-32)15-14-27-28-19-25(24(3)21-36-22-31(34)35-4)18-26(28)20-30(27)40-33-13-8-10-17-38-33/h14-15,18,23,26-30,32-33H,3,5-13,16-17,19-22H2,1-2,4H3/b15-14+/t23?,26-,27+,28-,29+,30+,32?,33?/m0/s1. The van der Waals surface area contributed by atoms with Gasteiger partial charge in [0.05, 0.1) is 25.9 Å². The van der Waals surface area contributed by atoms with Crippen LogP contribution in [0.5, 0.6) is 0 Å². The first-order valence-electron chi connectivity index (χ1n) is 15.7. The number of hydrogen-bond acceptors (Lipinski definition) is 7. The number of rotatable bonds is 15. The van der Waals surface area contributed by atoms with Gasteiger partial charge in [-0.3, -0.25) is 0 Å². The van der Waals surface area contributed by atoms with E-state index in [1.165, 1.54) is 25.5 Å². The maximum Gasteiger partial charge on any atom is 0.331 e. The number of methoxy groups -OCH3 is 1. The van der Waals surface area contributed by atoms with Crippen molar-refractivity contribution >= 4 is 5.97 Å². The van der Waals surface area contributed by atoms with Crippen molar-refractivity contribution in [2.24, 2.45) is 23.7 Å². The highest BCUT2D eigenvalue weighted by atomic mass is 16.7. The second kappa shape index (κ2) is 16.2. The van der Waals surface area contributed by atoms with Crippen LogP contribution >= 0.6 is 0 Å². The first-order chi connectivity index (χ1) is 19.5. The van der Waals surface area contributed by atoms with Gasteiger partial charge in [-0.25, -0.2) is 4.79 Å². The fourth-order valence-corrected chi connectivity index (χ4v) is 6.61. The lowest BCUT2D eigenvalue weighted by Gasteiger charge is -2.31. The second-order valence-electron chi connectivity index (χ2n) is 12.1. The molecule has 3 fully saturated rings. The SMILES string of the molecule is C=C(COCC(=O)OC)C1=C[C@H]2C[C@@H](OC3CCCCO3)[C@H](/C=C/[C@@H](OC3CCCCO3)C(C)CCCC)[C@H]2C1. The van der Waals surface area contributed by atoms with Crippen molar-refractivity contribution in [1.82, 2.24) is 0 Å². The molecule has 0 aromatic carbocycles. The lowest BCUT2D eigenvalue weighted by atomic mass is 9.87. The summed E-state index contributed by atoms with van der Waals surface area (Å²) in [7, 11) is 1.37. The topological polar surface area (TPSA) is 72.5 Å². The van der Waals surface area contributed by atoms with Gasteiger partial charge in [-0.05, 0) is 86.7 Å². The van der Waals surface area contributed by atoms with Crippen LogP contribution in [0.15, 0.2) is 36.0 Å². The number of carbonyl (C=O) groups is 1. The zero-order valence-corrected chi connectivity index (χ0v) is 25.0. The van der Waals surface area contributed by atoms with Gasteiger partial charge in [0, 0.05) is 19.1 Å². The van der Waals surface area contributed by atoms with Crippen molar-refractivity contribution in [1.29, 1.82) is 0 Å². The third-order valence-corrected chi connectivity index (χ3v) is 9.04. The highest BCUT2D eigenvalue weighted by Gasteiger charge is 2.46. The van der Waals surface area contributed by atoms with E-state index < -0.39 is 0 Å². The minimum Gasteiger partial charge on any atom is -0.467 e. The summed E-state index contributed by atoms with van der Waals surface area (Å²) in [5, 5.41) is 0. The van der Waals surface area contributed by atoms with Gasteiger partial charge in [-0.15, -0.1) is 0 Å². The Bertz CT molecular complexity index is 855. The molecule has 4 aliphatic rings. The summed E-state index contributed by atoms with van der Waals surface area (Å²) in [4.78, 5) is 11.4. The van der Waals surface area contributed by atoms with Crippen molar-refractivity contribution in [3.05, 3.63) is 36.0 Å². The highest BCUT2D eigenvalue weighted by molar-refractivity contribution is 5.70. The van der Waals surface area contributed by atoms with Gasteiger partial charge in [-0.1, -0.05) is 51.5 Å². The quantitative estimate of drug-likeness (QED) is 0.167. The van der Waals surface area contributed by atoms with Crippen molar-refractivity contribution in [3.63, 3.8) is 0 Å². The molecule has 0 aromatic rings. The largest absolute Gasteiger partial charge is 0.467 e. The number of ether oxygens (including phenoxy) is 6. The van der Waals surface area contributed by atoms with Gasteiger partial charge in [0.15, 0.2) is 12.6 Å². The zero-order chi connectivity index (χ0) is 28.3. The molecule has 7 heteroatoms. The van der Waals surface area contributed by atoms with Gasteiger partial charge in [-0.2, -0.15) is 0 Å². The van der Waals surface area contributed by atoms with Gasteiger partial charge in [0.25, 0.3) is 0 Å². The Balaban J connectivity index is 1.45.